The summed E-state index contributed by atoms with van der Waals surface area (Å²) in [5.74, 6) is 1.54. The molecule has 0 unspecified atom stereocenters. The van der Waals surface area contributed by atoms with Crippen molar-refractivity contribution < 1.29 is 18.5 Å². The van der Waals surface area contributed by atoms with Gasteiger partial charge in [-0.2, -0.15) is 4.98 Å². The van der Waals surface area contributed by atoms with Crippen molar-refractivity contribution in [2.45, 2.75) is 26.3 Å². The van der Waals surface area contributed by atoms with Gasteiger partial charge in [-0.15, -0.1) is 0 Å². The Morgan fingerprint density at radius 1 is 1.31 bits per heavy atom. The van der Waals surface area contributed by atoms with E-state index in [9.17, 15) is 4.79 Å². The first kappa shape index (κ1) is 17.7. The molecule has 2 atom stereocenters. The van der Waals surface area contributed by atoms with E-state index in [2.05, 4.69) is 15.5 Å². The van der Waals surface area contributed by atoms with Crippen LogP contribution >= 0.6 is 0 Å². The van der Waals surface area contributed by atoms with E-state index >= 15 is 0 Å². The lowest BCUT2D eigenvalue weighted by molar-refractivity contribution is 0.0882. The highest BCUT2D eigenvalue weighted by Gasteiger charge is 2.27. The number of aromatic nitrogens is 2. The van der Waals surface area contributed by atoms with Gasteiger partial charge in [-0.25, -0.2) is 0 Å². The standard InChI is InChI=1S/C19H21N3O4/c1-4-12(2)16(20-18(23)15-9-6-10-25-15)19-21-17(22-26-19)13-7-5-8-14(11-13)24-3/h5-12,16H,4H2,1-3H3,(H,20,23)/t12-,16+/m1/s1. The summed E-state index contributed by atoms with van der Waals surface area (Å²) in [6.07, 6.45) is 2.29. The molecule has 3 rings (SSSR count). The fourth-order valence-corrected chi connectivity index (χ4v) is 2.54. The topological polar surface area (TPSA) is 90.4 Å². The number of nitrogens with zero attached hydrogens (tertiary/aromatic N) is 2. The molecule has 3 aromatic rings. The average molecular weight is 355 g/mol. The fraction of sp³-hybridized carbons (Fsp3) is 0.316. The van der Waals surface area contributed by atoms with Gasteiger partial charge in [-0.05, 0) is 30.2 Å². The molecule has 2 heterocycles. The van der Waals surface area contributed by atoms with Gasteiger partial charge in [-0.3, -0.25) is 4.79 Å². The summed E-state index contributed by atoms with van der Waals surface area (Å²) in [6.45, 7) is 4.05. The fourth-order valence-electron chi connectivity index (χ4n) is 2.54. The molecule has 26 heavy (non-hydrogen) atoms. The van der Waals surface area contributed by atoms with E-state index in [1.54, 1.807) is 19.2 Å². The number of carbonyl (C=O) groups is 1. The van der Waals surface area contributed by atoms with Crippen LogP contribution in [-0.2, 0) is 0 Å². The SMILES string of the molecule is CC[C@@H](C)[C@H](NC(=O)c1ccco1)c1nc(-c2cccc(OC)c2)no1. The highest BCUT2D eigenvalue weighted by molar-refractivity contribution is 5.91. The van der Waals surface area contributed by atoms with E-state index in [1.165, 1.54) is 6.26 Å². The Morgan fingerprint density at radius 3 is 2.85 bits per heavy atom. The third-order valence-electron chi connectivity index (χ3n) is 4.28. The smallest absolute Gasteiger partial charge is 0.287 e. The lowest BCUT2D eigenvalue weighted by Gasteiger charge is -2.20. The number of benzene rings is 1. The van der Waals surface area contributed by atoms with Crippen LogP contribution < -0.4 is 10.1 Å². The number of carbonyl (C=O) groups excluding carboxylic acids is 1. The van der Waals surface area contributed by atoms with Crippen LogP contribution in [0.4, 0.5) is 0 Å². The largest absolute Gasteiger partial charge is 0.497 e. The highest BCUT2D eigenvalue weighted by Crippen LogP contribution is 2.27. The van der Waals surface area contributed by atoms with Crippen molar-refractivity contribution in [1.82, 2.24) is 15.5 Å². The van der Waals surface area contributed by atoms with E-state index < -0.39 is 6.04 Å². The maximum atomic E-state index is 12.4. The number of rotatable bonds is 7. The highest BCUT2D eigenvalue weighted by atomic mass is 16.5. The molecular formula is C19H21N3O4. The Morgan fingerprint density at radius 2 is 2.15 bits per heavy atom. The van der Waals surface area contributed by atoms with Gasteiger partial charge in [0.1, 0.15) is 11.8 Å². The van der Waals surface area contributed by atoms with Gasteiger partial charge in [0.05, 0.1) is 13.4 Å². The second-order valence-electron chi connectivity index (χ2n) is 6.00. The summed E-state index contributed by atoms with van der Waals surface area (Å²) in [5, 5.41) is 6.97. The summed E-state index contributed by atoms with van der Waals surface area (Å²) in [4.78, 5) is 16.8. The van der Waals surface area contributed by atoms with Crippen LogP contribution in [0.3, 0.4) is 0 Å². The minimum atomic E-state index is -0.413. The van der Waals surface area contributed by atoms with E-state index in [1.807, 2.05) is 38.1 Å². The Labute approximate surface area is 151 Å². The molecule has 0 fully saturated rings. The van der Waals surface area contributed by atoms with Gasteiger partial charge in [0, 0.05) is 5.56 Å². The molecule has 7 nitrogen and oxygen atoms in total. The molecule has 1 amide bonds. The van der Waals surface area contributed by atoms with Crippen LogP contribution in [-0.4, -0.2) is 23.2 Å². The van der Waals surface area contributed by atoms with Gasteiger partial charge < -0.3 is 19.0 Å². The average Bonchev–Trinajstić information content (AvgIpc) is 3.37. The van der Waals surface area contributed by atoms with Crippen LogP contribution in [0.1, 0.15) is 42.8 Å². The summed E-state index contributed by atoms with van der Waals surface area (Å²) in [5.41, 5.74) is 0.777. The van der Waals surface area contributed by atoms with Gasteiger partial charge in [0.2, 0.25) is 11.7 Å². The number of furan rings is 1. The van der Waals surface area contributed by atoms with Crippen LogP contribution in [0, 0.1) is 5.92 Å². The summed E-state index contributed by atoms with van der Waals surface area (Å²) < 4.78 is 15.8. The Kier molecular flexibility index (Phi) is 5.36. The van der Waals surface area contributed by atoms with Gasteiger partial charge >= 0.3 is 0 Å². The Balaban J connectivity index is 1.85. The van der Waals surface area contributed by atoms with Gasteiger partial charge in [-0.1, -0.05) is 37.6 Å². The molecule has 0 spiro atoms. The lowest BCUT2D eigenvalue weighted by atomic mass is 9.99. The molecule has 0 aliphatic heterocycles. The molecule has 7 heteroatoms. The summed E-state index contributed by atoms with van der Waals surface area (Å²) >= 11 is 0. The monoisotopic (exact) mass is 355 g/mol. The molecule has 0 aliphatic rings. The van der Waals surface area contributed by atoms with Crippen LogP contribution in [0.5, 0.6) is 5.75 Å². The number of nitrogens with one attached hydrogen (secondary N) is 1. The predicted molar refractivity (Wildman–Crippen MR) is 94.7 cm³/mol. The summed E-state index contributed by atoms with van der Waals surface area (Å²) in [7, 11) is 1.60. The van der Waals surface area contributed by atoms with Crippen molar-refractivity contribution in [2.24, 2.45) is 5.92 Å². The minimum absolute atomic E-state index is 0.104. The van der Waals surface area contributed by atoms with Crippen molar-refractivity contribution in [2.75, 3.05) is 7.11 Å². The van der Waals surface area contributed by atoms with Crippen molar-refractivity contribution in [3.05, 3.63) is 54.3 Å². The van der Waals surface area contributed by atoms with Crippen molar-refractivity contribution >= 4 is 5.91 Å². The van der Waals surface area contributed by atoms with E-state index in [4.69, 9.17) is 13.7 Å². The van der Waals surface area contributed by atoms with Crippen molar-refractivity contribution in [3.63, 3.8) is 0 Å². The first-order valence-electron chi connectivity index (χ1n) is 8.44. The van der Waals surface area contributed by atoms with Crippen LogP contribution in [0.2, 0.25) is 0 Å². The number of hydrogen-bond acceptors (Lipinski definition) is 6. The Hall–Kier alpha value is -3.09. The van der Waals surface area contributed by atoms with Gasteiger partial charge in [0.15, 0.2) is 5.76 Å². The first-order valence-corrected chi connectivity index (χ1v) is 8.44. The maximum absolute atomic E-state index is 12.4. The lowest BCUT2D eigenvalue weighted by Crippen LogP contribution is -2.32. The number of methoxy groups -OCH3 is 1. The molecule has 2 aromatic heterocycles. The molecule has 0 radical (unpaired) electrons. The summed E-state index contributed by atoms with van der Waals surface area (Å²) in [6, 6.07) is 10.3. The van der Waals surface area contributed by atoms with E-state index in [-0.39, 0.29) is 17.6 Å². The third kappa shape index (κ3) is 3.77. The Bertz CT molecular complexity index is 857. The molecule has 0 aliphatic carbocycles. The zero-order chi connectivity index (χ0) is 18.5. The number of amides is 1. The number of hydrogen-bond donors (Lipinski definition) is 1. The second-order valence-corrected chi connectivity index (χ2v) is 6.00. The maximum Gasteiger partial charge on any atom is 0.287 e. The van der Waals surface area contributed by atoms with Crippen molar-refractivity contribution in [3.8, 4) is 17.1 Å². The molecular weight excluding hydrogens is 334 g/mol. The van der Waals surface area contributed by atoms with Crippen LogP contribution in [0.15, 0.2) is 51.6 Å². The molecule has 0 saturated carbocycles. The predicted octanol–water partition coefficient (Wildman–Crippen LogP) is 3.86. The van der Waals surface area contributed by atoms with Gasteiger partial charge in [0.25, 0.3) is 5.91 Å². The van der Waals surface area contributed by atoms with Crippen molar-refractivity contribution in [1.29, 1.82) is 0 Å². The molecule has 1 N–H and O–H groups in total. The molecule has 136 valence electrons. The zero-order valence-corrected chi connectivity index (χ0v) is 14.9. The normalized spacial score (nSPS) is 13.2. The van der Waals surface area contributed by atoms with E-state index in [0.29, 0.717) is 17.5 Å². The number of ether oxygens (including phenoxy) is 1. The van der Waals surface area contributed by atoms with E-state index in [0.717, 1.165) is 12.0 Å². The molecule has 1 aromatic carbocycles. The zero-order valence-electron chi connectivity index (χ0n) is 14.9. The molecule has 0 bridgehead atoms. The van der Waals surface area contributed by atoms with Crippen LogP contribution in [0.25, 0.3) is 11.4 Å². The second kappa shape index (κ2) is 7.86. The third-order valence-corrected chi connectivity index (χ3v) is 4.28. The first-order chi connectivity index (χ1) is 12.6. The molecule has 0 saturated heterocycles. The quantitative estimate of drug-likeness (QED) is 0.692. The minimum Gasteiger partial charge on any atom is -0.497 e.